The highest BCUT2D eigenvalue weighted by atomic mass is 32.1. The summed E-state index contributed by atoms with van der Waals surface area (Å²) in [6.07, 6.45) is 2.38. The Morgan fingerprint density at radius 1 is 1.38 bits per heavy atom. The van der Waals surface area contributed by atoms with Crippen LogP contribution in [0.2, 0.25) is 0 Å². The molecule has 1 unspecified atom stereocenters. The molecule has 0 aromatic carbocycles. The van der Waals surface area contributed by atoms with Crippen molar-refractivity contribution in [1.82, 2.24) is 15.1 Å². The van der Waals surface area contributed by atoms with E-state index >= 15 is 0 Å². The summed E-state index contributed by atoms with van der Waals surface area (Å²) >= 11 is 5.39. The van der Waals surface area contributed by atoms with Gasteiger partial charge in [0, 0.05) is 25.7 Å². The van der Waals surface area contributed by atoms with Crippen molar-refractivity contribution in [2.45, 2.75) is 39.7 Å². The Bertz CT molecular complexity index is 216. The van der Waals surface area contributed by atoms with E-state index in [0.29, 0.717) is 6.04 Å². The van der Waals surface area contributed by atoms with Crippen molar-refractivity contribution in [3.05, 3.63) is 0 Å². The van der Waals surface area contributed by atoms with E-state index in [-0.39, 0.29) is 0 Å². The van der Waals surface area contributed by atoms with Gasteiger partial charge in [-0.05, 0) is 38.1 Å². The summed E-state index contributed by atoms with van der Waals surface area (Å²) in [5.41, 5.74) is 0. The molecule has 0 aromatic rings. The standard InChI is InChI=1S/C12H25N3S/c1-4-8-13-12(16)15-9-7-11(10-15)14(5-2)6-3/h11H,4-10H2,1-3H3,(H,13,16). The maximum atomic E-state index is 5.39. The van der Waals surface area contributed by atoms with Crippen molar-refractivity contribution >= 4 is 17.3 Å². The van der Waals surface area contributed by atoms with E-state index in [1.54, 1.807) is 0 Å². The molecule has 94 valence electrons. The Morgan fingerprint density at radius 3 is 2.62 bits per heavy atom. The summed E-state index contributed by atoms with van der Waals surface area (Å²) < 4.78 is 0. The average Bonchev–Trinajstić information content (AvgIpc) is 2.77. The molecule has 0 aliphatic carbocycles. The average molecular weight is 243 g/mol. The van der Waals surface area contributed by atoms with Crippen LogP contribution >= 0.6 is 12.2 Å². The van der Waals surface area contributed by atoms with Crippen LogP contribution in [0.1, 0.15) is 33.6 Å². The third-order valence-electron chi connectivity index (χ3n) is 3.31. The molecule has 1 N–H and O–H groups in total. The third kappa shape index (κ3) is 3.59. The van der Waals surface area contributed by atoms with Crippen LogP contribution in [0.5, 0.6) is 0 Å². The lowest BCUT2D eigenvalue weighted by atomic mass is 10.2. The molecule has 1 heterocycles. The number of likely N-dealkylation sites (tertiary alicyclic amines) is 1. The lowest BCUT2D eigenvalue weighted by Gasteiger charge is -2.26. The highest BCUT2D eigenvalue weighted by Crippen LogP contribution is 2.15. The van der Waals surface area contributed by atoms with Crippen LogP contribution in [-0.2, 0) is 0 Å². The van der Waals surface area contributed by atoms with E-state index in [4.69, 9.17) is 12.2 Å². The van der Waals surface area contributed by atoms with Crippen LogP contribution in [0, 0.1) is 0 Å². The Kier molecular flexibility index (Phi) is 6.06. The van der Waals surface area contributed by atoms with Gasteiger partial charge in [-0.25, -0.2) is 0 Å². The Morgan fingerprint density at radius 2 is 2.06 bits per heavy atom. The molecule has 1 rings (SSSR count). The number of nitrogens with zero attached hydrogens (tertiary/aromatic N) is 2. The first-order valence-electron chi connectivity index (χ1n) is 6.49. The predicted molar refractivity (Wildman–Crippen MR) is 73.8 cm³/mol. The second kappa shape index (κ2) is 7.07. The quantitative estimate of drug-likeness (QED) is 0.740. The van der Waals surface area contributed by atoms with Crippen LogP contribution in [0.25, 0.3) is 0 Å². The van der Waals surface area contributed by atoms with Crippen LogP contribution in [-0.4, -0.2) is 53.7 Å². The molecule has 1 atom stereocenters. The van der Waals surface area contributed by atoms with E-state index in [1.807, 2.05) is 0 Å². The number of likely N-dealkylation sites (N-methyl/N-ethyl adjacent to an activating group) is 1. The highest BCUT2D eigenvalue weighted by molar-refractivity contribution is 7.80. The number of thiocarbonyl (C=S) groups is 1. The molecule has 0 radical (unpaired) electrons. The fourth-order valence-electron chi connectivity index (χ4n) is 2.31. The zero-order valence-electron chi connectivity index (χ0n) is 10.8. The van der Waals surface area contributed by atoms with Crippen LogP contribution in [0.3, 0.4) is 0 Å². The van der Waals surface area contributed by atoms with Crippen LogP contribution in [0.15, 0.2) is 0 Å². The van der Waals surface area contributed by atoms with Crippen molar-refractivity contribution in [2.24, 2.45) is 0 Å². The Hall–Kier alpha value is -0.350. The van der Waals surface area contributed by atoms with Crippen molar-refractivity contribution < 1.29 is 0 Å². The summed E-state index contributed by atoms with van der Waals surface area (Å²) in [6, 6.07) is 0.691. The van der Waals surface area contributed by atoms with E-state index in [1.165, 1.54) is 6.42 Å². The normalized spacial score (nSPS) is 20.5. The summed E-state index contributed by atoms with van der Waals surface area (Å²) in [5, 5.41) is 4.25. The summed E-state index contributed by atoms with van der Waals surface area (Å²) in [4.78, 5) is 4.84. The molecule has 0 spiro atoms. The fourth-order valence-corrected chi connectivity index (χ4v) is 2.58. The molecule has 16 heavy (non-hydrogen) atoms. The van der Waals surface area contributed by atoms with Gasteiger partial charge in [0.05, 0.1) is 0 Å². The topological polar surface area (TPSA) is 18.5 Å². The minimum absolute atomic E-state index is 0.691. The minimum atomic E-state index is 0.691. The Balaban J connectivity index is 2.36. The largest absolute Gasteiger partial charge is 0.363 e. The van der Waals surface area contributed by atoms with E-state index in [2.05, 4.69) is 35.9 Å². The first-order valence-corrected chi connectivity index (χ1v) is 6.90. The molecule has 0 saturated carbocycles. The van der Waals surface area contributed by atoms with E-state index in [9.17, 15) is 0 Å². The molecule has 0 amide bonds. The van der Waals surface area contributed by atoms with Gasteiger partial charge in [-0.2, -0.15) is 0 Å². The van der Waals surface area contributed by atoms with E-state index in [0.717, 1.165) is 44.3 Å². The van der Waals surface area contributed by atoms with Crippen molar-refractivity contribution in [2.75, 3.05) is 32.7 Å². The van der Waals surface area contributed by atoms with Gasteiger partial charge in [0.25, 0.3) is 0 Å². The molecular weight excluding hydrogens is 218 g/mol. The van der Waals surface area contributed by atoms with Crippen LogP contribution in [0.4, 0.5) is 0 Å². The summed E-state index contributed by atoms with van der Waals surface area (Å²) in [7, 11) is 0. The molecule has 0 aromatic heterocycles. The molecule has 3 nitrogen and oxygen atoms in total. The minimum Gasteiger partial charge on any atom is -0.363 e. The second-order valence-corrected chi connectivity index (χ2v) is 4.73. The first-order chi connectivity index (χ1) is 7.72. The number of hydrogen-bond donors (Lipinski definition) is 1. The number of hydrogen-bond acceptors (Lipinski definition) is 2. The monoisotopic (exact) mass is 243 g/mol. The van der Waals surface area contributed by atoms with Gasteiger partial charge in [-0.1, -0.05) is 20.8 Å². The number of nitrogens with one attached hydrogen (secondary N) is 1. The third-order valence-corrected chi connectivity index (χ3v) is 3.71. The fraction of sp³-hybridized carbons (Fsp3) is 0.917. The lowest BCUT2D eigenvalue weighted by molar-refractivity contribution is 0.223. The number of rotatable bonds is 5. The van der Waals surface area contributed by atoms with Gasteiger partial charge in [-0.15, -0.1) is 0 Å². The molecule has 1 aliphatic rings. The van der Waals surface area contributed by atoms with Crippen LogP contribution < -0.4 is 5.32 Å². The SMILES string of the molecule is CCCNC(=S)N1CCC(N(CC)CC)C1. The zero-order chi connectivity index (χ0) is 12.0. The van der Waals surface area contributed by atoms with Crippen molar-refractivity contribution in [3.8, 4) is 0 Å². The first kappa shape index (κ1) is 13.7. The van der Waals surface area contributed by atoms with Gasteiger partial charge in [0.2, 0.25) is 0 Å². The highest BCUT2D eigenvalue weighted by Gasteiger charge is 2.27. The lowest BCUT2D eigenvalue weighted by Crippen LogP contribution is -2.42. The van der Waals surface area contributed by atoms with Gasteiger partial charge in [-0.3, -0.25) is 4.90 Å². The van der Waals surface area contributed by atoms with Gasteiger partial charge >= 0.3 is 0 Å². The molecule has 1 fully saturated rings. The van der Waals surface area contributed by atoms with Crippen molar-refractivity contribution in [3.63, 3.8) is 0 Å². The maximum absolute atomic E-state index is 5.39. The second-order valence-electron chi connectivity index (χ2n) is 4.34. The molecule has 4 heteroatoms. The summed E-state index contributed by atoms with van der Waals surface area (Å²) in [5.74, 6) is 0. The Labute approximate surface area is 105 Å². The molecule has 1 aliphatic heterocycles. The maximum Gasteiger partial charge on any atom is 0.168 e. The molecule has 1 saturated heterocycles. The van der Waals surface area contributed by atoms with Gasteiger partial charge in [0.1, 0.15) is 0 Å². The van der Waals surface area contributed by atoms with Gasteiger partial charge < -0.3 is 10.2 Å². The molecule has 0 bridgehead atoms. The van der Waals surface area contributed by atoms with Gasteiger partial charge in [0.15, 0.2) is 5.11 Å². The molecular formula is C12H25N3S. The van der Waals surface area contributed by atoms with Crippen molar-refractivity contribution in [1.29, 1.82) is 0 Å². The predicted octanol–water partition coefficient (Wildman–Crippen LogP) is 1.69. The zero-order valence-corrected chi connectivity index (χ0v) is 11.6. The van der Waals surface area contributed by atoms with E-state index < -0.39 is 0 Å². The smallest absolute Gasteiger partial charge is 0.168 e. The summed E-state index contributed by atoms with van der Waals surface area (Å²) in [6.45, 7) is 12.1.